The highest BCUT2D eigenvalue weighted by atomic mass is 32.2. The van der Waals surface area contributed by atoms with Crippen molar-refractivity contribution in [2.75, 3.05) is 46.4 Å². The van der Waals surface area contributed by atoms with Gasteiger partial charge in [0, 0.05) is 44.3 Å². The molecule has 2 fully saturated rings. The largest absolute Gasteiger partial charge is 0.395 e. The van der Waals surface area contributed by atoms with Crippen molar-refractivity contribution in [3.8, 4) is 0 Å². The van der Waals surface area contributed by atoms with Crippen LogP contribution in [0.3, 0.4) is 0 Å². The van der Waals surface area contributed by atoms with Crippen LogP contribution in [0.1, 0.15) is 16.8 Å². The molecule has 0 aromatic heterocycles. The van der Waals surface area contributed by atoms with E-state index in [-0.39, 0.29) is 30.0 Å². The normalized spacial score (nSPS) is 23.1. The van der Waals surface area contributed by atoms with Gasteiger partial charge in [0.15, 0.2) is 0 Å². The van der Waals surface area contributed by atoms with Gasteiger partial charge in [-0.15, -0.1) is 0 Å². The summed E-state index contributed by atoms with van der Waals surface area (Å²) in [5.41, 5.74) is 0.406. The number of carbonyl (C=O) groups is 1. The van der Waals surface area contributed by atoms with Gasteiger partial charge in [0.25, 0.3) is 5.91 Å². The van der Waals surface area contributed by atoms with Crippen LogP contribution in [0.4, 0.5) is 0 Å². The first-order valence-corrected chi connectivity index (χ1v) is 9.58. The Hall–Kier alpha value is -1.48. The number of nitrogens with zero attached hydrogens (tertiary/aromatic N) is 3. The molecular weight excluding hydrogens is 330 g/mol. The molecule has 0 spiro atoms. The number of amides is 1. The lowest BCUT2D eigenvalue weighted by molar-refractivity contribution is 0.0651. The van der Waals surface area contributed by atoms with Crippen LogP contribution in [-0.2, 0) is 10.0 Å². The Balaban J connectivity index is 1.83. The molecular formula is C16H23N3O4S. The van der Waals surface area contributed by atoms with Crippen LogP contribution in [0, 0.1) is 0 Å². The zero-order valence-electron chi connectivity index (χ0n) is 13.8. The van der Waals surface area contributed by atoms with Crippen LogP contribution >= 0.6 is 0 Å². The number of likely N-dealkylation sites (N-methyl/N-ethyl adjacent to an activating group) is 1. The smallest absolute Gasteiger partial charge is 0.253 e. The van der Waals surface area contributed by atoms with Crippen molar-refractivity contribution >= 4 is 15.9 Å². The van der Waals surface area contributed by atoms with Crippen LogP contribution in [-0.4, -0.2) is 86.0 Å². The second kappa shape index (κ2) is 6.79. The average molecular weight is 353 g/mol. The first-order chi connectivity index (χ1) is 11.4. The number of piperazine rings is 1. The highest BCUT2D eigenvalue weighted by Gasteiger charge is 2.33. The van der Waals surface area contributed by atoms with Crippen LogP contribution in [0.15, 0.2) is 29.2 Å². The third-order valence-electron chi connectivity index (χ3n) is 4.81. The Morgan fingerprint density at radius 3 is 2.62 bits per heavy atom. The quantitative estimate of drug-likeness (QED) is 0.813. The summed E-state index contributed by atoms with van der Waals surface area (Å²) < 4.78 is 27.2. The minimum atomic E-state index is -3.67. The molecule has 0 aliphatic carbocycles. The lowest BCUT2D eigenvalue weighted by Gasteiger charge is -2.37. The maximum absolute atomic E-state index is 12.9. The predicted octanol–water partition coefficient (Wildman–Crippen LogP) is -0.170. The average Bonchev–Trinajstić information content (AvgIpc) is 2.53. The topological polar surface area (TPSA) is 81.2 Å². The van der Waals surface area contributed by atoms with Crippen molar-refractivity contribution < 1.29 is 18.3 Å². The van der Waals surface area contributed by atoms with Crippen LogP contribution in [0.25, 0.3) is 0 Å². The first kappa shape index (κ1) is 17.3. The number of benzene rings is 1. The maximum Gasteiger partial charge on any atom is 0.253 e. The molecule has 1 unspecified atom stereocenters. The van der Waals surface area contributed by atoms with Crippen molar-refractivity contribution in [2.45, 2.75) is 17.4 Å². The fraction of sp³-hybridized carbons (Fsp3) is 0.562. The molecule has 0 saturated carbocycles. The molecule has 0 bridgehead atoms. The maximum atomic E-state index is 12.9. The Bertz CT molecular complexity index is 718. The van der Waals surface area contributed by atoms with Gasteiger partial charge < -0.3 is 10.0 Å². The van der Waals surface area contributed by atoms with E-state index < -0.39 is 10.0 Å². The van der Waals surface area contributed by atoms with E-state index in [2.05, 4.69) is 0 Å². The summed E-state index contributed by atoms with van der Waals surface area (Å²) >= 11 is 0. The summed E-state index contributed by atoms with van der Waals surface area (Å²) in [7, 11) is -1.80. The molecule has 7 nitrogen and oxygen atoms in total. The molecule has 1 aromatic rings. The van der Waals surface area contributed by atoms with E-state index in [4.69, 9.17) is 0 Å². The third-order valence-corrected chi connectivity index (χ3v) is 6.67. The molecule has 2 heterocycles. The Morgan fingerprint density at radius 1 is 1.25 bits per heavy atom. The van der Waals surface area contributed by atoms with Crippen molar-refractivity contribution in [3.05, 3.63) is 29.8 Å². The van der Waals surface area contributed by atoms with E-state index in [1.165, 1.54) is 16.4 Å². The van der Waals surface area contributed by atoms with Gasteiger partial charge in [0.2, 0.25) is 10.0 Å². The van der Waals surface area contributed by atoms with Gasteiger partial charge in [0.1, 0.15) is 0 Å². The fourth-order valence-corrected chi connectivity index (χ4v) is 4.49. The summed E-state index contributed by atoms with van der Waals surface area (Å²) in [6, 6.07) is 6.04. The number of rotatable bonds is 4. The molecule has 1 atom stereocenters. The van der Waals surface area contributed by atoms with E-state index in [1.54, 1.807) is 17.0 Å². The first-order valence-electron chi connectivity index (χ1n) is 8.14. The molecule has 24 heavy (non-hydrogen) atoms. The molecule has 0 radical (unpaired) electrons. The second-order valence-corrected chi connectivity index (χ2v) is 8.29. The summed E-state index contributed by atoms with van der Waals surface area (Å²) in [6.45, 7) is 2.56. The Kier molecular flexibility index (Phi) is 4.91. The van der Waals surface area contributed by atoms with Gasteiger partial charge in [-0.1, -0.05) is 6.07 Å². The molecule has 8 heteroatoms. The number of hydrogen-bond acceptors (Lipinski definition) is 5. The third kappa shape index (κ3) is 3.19. The van der Waals surface area contributed by atoms with Crippen molar-refractivity contribution in [2.24, 2.45) is 0 Å². The molecule has 132 valence electrons. The number of aliphatic hydroxyl groups excluding tert-OH is 1. The minimum Gasteiger partial charge on any atom is -0.395 e. The lowest BCUT2D eigenvalue weighted by Crippen LogP contribution is -2.54. The fourth-order valence-electron chi connectivity index (χ4n) is 2.97. The highest BCUT2D eigenvalue weighted by Crippen LogP contribution is 2.22. The number of hydrogen-bond donors (Lipinski definition) is 1. The SMILES string of the molecule is CN1CCN(S(=O)(=O)c2cccc(C(=O)N3CCC3)c2)CC1CO. The van der Waals surface area contributed by atoms with E-state index in [0.29, 0.717) is 18.7 Å². The summed E-state index contributed by atoms with van der Waals surface area (Å²) in [6.07, 6.45) is 0.994. The number of likely N-dealkylation sites (tertiary alicyclic amines) is 1. The lowest BCUT2D eigenvalue weighted by atomic mass is 10.1. The van der Waals surface area contributed by atoms with Crippen LogP contribution < -0.4 is 0 Å². The molecule has 2 saturated heterocycles. The van der Waals surface area contributed by atoms with Crippen LogP contribution in [0.2, 0.25) is 0 Å². The molecule has 2 aliphatic rings. The highest BCUT2D eigenvalue weighted by molar-refractivity contribution is 7.89. The van der Waals surface area contributed by atoms with E-state index in [1.807, 2.05) is 11.9 Å². The van der Waals surface area contributed by atoms with E-state index >= 15 is 0 Å². The zero-order valence-corrected chi connectivity index (χ0v) is 14.6. The number of sulfonamides is 1. The second-order valence-electron chi connectivity index (χ2n) is 6.35. The van der Waals surface area contributed by atoms with Crippen molar-refractivity contribution in [1.29, 1.82) is 0 Å². The number of carbonyl (C=O) groups excluding carboxylic acids is 1. The van der Waals surface area contributed by atoms with E-state index in [9.17, 15) is 18.3 Å². The Labute approximate surface area is 142 Å². The van der Waals surface area contributed by atoms with Gasteiger partial charge in [-0.25, -0.2) is 8.42 Å². The van der Waals surface area contributed by atoms with Gasteiger partial charge >= 0.3 is 0 Å². The van der Waals surface area contributed by atoms with Gasteiger partial charge in [-0.3, -0.25) is 9.69 Å². The predicted molar refractivity (Wildman–Crippen MR) is 89.2 cm³/mol. The summed E-state index contributed by atoms with van der Waals surface area (Å²) in [5, 5.41) is 9.41. The van der Waals surface area contributed by atoms with Gasteiger partial charge in [-0.05, 0) is 31.7 Å². The molecule has 1 aromatic carbocycles. The Morgan fingerprint density at radius 2 is 2.00 bits per heavy atom. The molecule has 1 N–H and O–H groups in total. The van der Waals surface area contributed by atoms with Gasteiger partial charge in [-0.2, -0.15) is 4.31 Å². The molecule has 2 aliphatic heterocycles. The molecule has 1 amide bonds. The van der Waals surface area contributed by atoms with Crippen molar-refractivity contribution in [3.63, 3.8) is 0 Å². The molecule has 3 rings (SSSR count). The van der Waals surface area contributed by atoms with Crippen molar-refractivity contribution in [1.82, 2.24) is 14.1 Å². The summed E-state index contributed by atoms with van der Waals surface area (Å²) in [5.74, 6) is -0.120. The monoisotopic (exact) mass is 353 g/mol. The summed E-state index contributed by atoms with van der Waals surface area (Å²) in [4.78, 5) is 16.1. The minimum absolute atomic E-state index is 0.0873. The van der Waals surface area contributed by atoms with E-state index in [0.717, 1.165) is 19.5 Å². The zero-order chi connectivity index (χ0) is 17.3. The van der Waals surface area contributed by atoms with Crippen LogP contribution in [0.5, 0.6) is 0 Å². The standard InChI is InChI=1S/C16H23N3O4S/c1-17-8-9-19(11-14(17)12-20)24(22,23)15-5-2-4-13(10-15)16(21)18-6-3-7-18/h2,4-5,10,14,20H,3,6-9,11-12H2,1H3. The number of aliphatic hydroxyl groups is 1. The van der Waals surface area contributed by atoms with Gasteiger partial charge in [0.05, 0.1) is 11.5 Å².